The van der Waals surface area contributed by atoms with Gasteiger partial charge in [-0.1, -0.05) is 20.8 Å². The molecule has 2 N–H and O–H groups in total. The molecule has 1 amide bonds. The van der Waals surface area contributed by atoms with E-state index in [1.54, 1.807) is 0 Å². The first-order valence-electron chi connectivity index (χ1n) is 11.1. The van der Waals surface area contributed by atoms with Crippen molar-refractivity contribution in [2.75, 3.05) is 45.8 Å². The van der Waals surface area contributed by atoms with Crippen LogP contribution in [-0.4, -0.2) is 73.5 Å². The fourth-order valence-corrected chi connectivity index (χ4v) is 4.45. The topological polar surface area (TPSA) is 60.0 Å². The van der Waals surface area contributed by atoms with Gasteiger partial charge in [-0.3, -0.25) is 9.79 Å². The van der Waals surface area contributed by atoms with E-state index in [1.807, 2.05) is 11.8 Å². The molecule has 2 aliphatic heterocycles. The number of rotatable bonds is 8. The normalized spacial score (nSPS) is 27.0. The van der Waals surface area contributed by atoms with Crippen LogP contribution < -0.4 is 10.6 Å². The molecule has 3 atom stereocenters. The highest BCUT2D eigenvalue weighted by Crippen LogP contribution is 2.21. The van der Waals surface area contributed by atoms with Gasteiger partial charge in [0.15, 0.2) is 5.96 Å². The fourth-order valence-electron chi connectivity index (χ4n) is 4.45. The lowest BCUT2D eigenvalue weighted by Gasteiger charge is -2.34. The van der Waals surface area contributed by atoms with E-state index in [4.69, 9.17) is 4.99 Å². The molecule has 2 rings (SSSR count). The standard InChI is InChI=1S/C21H41N5O/c1-5-20(27)26-12-9-19(16-26)24-21(22-6-2)23-10-7-8-11-25-14-17(3)13-18(4)15-25/h17-19H,5-16H2,1-4H3,(H2,22,23,24). The van der Waals surface area contributed by atoms with Gasteiger partial charge in [0.1, 0.15) is 0 Å². The van der Waals surface area contributed by atoms with Crippen LogP contribution in [0, 0.1) is 11.8 Å². The lowest BCUT2D eigenvalue weighted by molar-refractivity contribution is -0.129. The van der Waals surface area contributed by atoms with Crippen LogP contribution in [0.1, 0.15) is 59.8 Å². The van der Waals surface area contributed by atoms with Gasteiger partial charge in [0.2, 0.25) is 5.91 Å². The lowest BCUT2D eigenvalue weighted by Crippen LogP contribution is -2.45. The van der Waals surface area contributed by atoms with Crippen LogP contribution in [0.5, 0.6) is 0 Å². The summed E-state index contributed by atoms with van der Waals surface area (Å²) in [5.74, 6) is 2.82. The molecule has 2 aliphatic rings. The largest absolute Gasteiger partial charge is 0.357 e. The summed E-state index contributed by atoms with van der Waals surface area (Å²) in [6.07, 6.45) is 5.31. The lowest BCUT2D eigenvalue weighted by atomic mass is 9.92. The molecule has 2 saturated heterocycles. The number of nitrogens with zero attached hydrogens (tertiary/aromatic N) is 3. The number of nitrogens with one attached hydrogen (secondary N) is 2. The molecule has 6 heteroatoms. The summed E-state index contributed by atoms with van der Waals surface area (Å²) in [6, 6.07) is 0.314. The summed E-state index contributed by atoms with van der Waals surface area (Å²) in [7, 11) is 0. The molecule has 3 unspecified atom stereocenters. The predicted molar refractivity (Wildman–Crippen MR) is 113 cm³/mol. The van der Waals surface area contributed by atoms with E-state index < -0.39 is 0 Å². The van der Waals surface area contributed by atoms with Gasteiger partial charge in [-0.2, -0.15) is 0 Å². The molecular weight excluding hydrogens is 338 g/mol. The average Bonchev–Trinajstić information content (AvgIpc) is 3.08. The van der Waals surface area contributed by atoms with E-state index in [0.29, 0.717) is 12.5 Å². The van der Waals surface area contributed by atoms with Gasteiger partial charge in [0.05, 0.1) is 0 Å². The first-order chi connectivity index (χ1) is 13.0. The second-order valence-corrected chi connectivity index (χ2v) is 8.50. The summed E-state index contributed by atoms with van der Waals surface area (Å²) in [4.78, 5) is 21.2. The van der Waals surface area contributed by atoms with Gasteiger partial charge in [0, 0.05) is 51.7 Å². The maximum absolute atomic E-state index is 11.8. The highest BCUT2D eigenvalue weighted by atomic mass is 16.2. The van der Waals surface area contributed by atoms with E-state index in [0.717, 1.165) is 56.8 Å². The number of aliphatic imine (C=N–C) groups is 1. The molecule has 0 saturated carbocycles. The Morgan fingerprint density at radius 1 is 1.11 bits per heavy atom. The fraction of sp³-hybridized carbons (Fsp3) is 0.905. The van der Waals surface area contributed by atoms with Crippen molar-refractivity contribution in [3.8, 4) is 0 Å². The monoisotopic (exact) mass is 379 g/mol. The molecule has 0 spiro atoms. The Hall–Kier alpha value is -1.30. The third kappa shape index (κ3) is 7.68. The van der Waals surface area contributed by atoms with Crippen LogP contribution >= 0.6 is 0 Å². The summed E-state index contributed by atoms with van der Waals surface area (Å²) in [5.41, 5.74) is 0. The molecule has 0 aromatic carbocycles. The number of carbonyl (C=O) groups is 1. The molecular formula is C21H41N5O. The molecule has 0 aromatic heterocycles. The third-order valence-corrected chi connectivity index (χ3v) is 5.63. The van der Waals surface area contributed by atoms with Crippen LogP contribution in [-0.2, 0) is 4.79 Å². The number of hydrogen-bond acceptors (Lipinski definition) is 3. The number of hydrogen-bond donors (Lipinski definition) is 2. The Balaban J connectivity index is 1.68. The van der Waals surface area contributed by atoms with Crippen molar-refractivity contribution < 1.29 is 4.79 Å². The first kappa shape index (κ1) is 22.0. The zero-order valence-corrected chi connectivity index (χ0v) is 18.0. The highest BCUT2D eigenvalue weighted by molar-refractivity contribution is 5.80. The van der Waals surface area contributed by atoms with Crippen molar-refractivity contribution in [3.05, 3.63) is 0 Å². The Morgan fingerprint density at radius 2 is 1.85 bits per heavy atom. The number of carbonyl (C=O) groups excluding carboxylic acids is 1. The van der Waals surface area contributed by atoms with E-state index in [1.165, 1.54) is 32.5 Å². The van der Waals surface area contributed by atoms with Crippen molar-refractivity contribution >= 4 is 11.9 Å². The maximum Gasteiger partial charge on any atom is 0.222 e. The molecule has 0 aromatic rings. The summed E-state index contributed by atoms with van der Waals surface area (Å²) in [6.45, 7) is 15.9. The van der Waals surface area contributed by atoms with Gasteiger partial charge in [-0.05, 0) is 51.0 Å². The minimum absolute atomic E-state index is 0.252. The number of amides is 1. The quantitative estimate of drug-likeness (QED) is 0.386. The Bertz CT molecular complexity index is 471. The van der Waals surface area contributed by atoms with Crippen LogP contribution in [0.25, 0.3) is 0 Å². The summed E-state index contributed by atoms with van der Waals surface area (Å²) >= 11 is 0. The molecule has 6 nitrogen and oxygen atoms in total. The van der Waals surface area contributed by atoms with Gasteiger partial charge in [0.25, 0.3) is 0 Å². The average molecular weight is 380 g/mol. The van der Waals surface area contributed by atoms with Crippen LogP contribution in [0.3, 0.4) is 0 Å². The second-order valence-electron chi connectivity index (χ2n) is 8.50. The predicted octanol–water partition coefficient (Wildman–Crippen LogP) is 2.31. The summed E-state index contributed by atoms with van der Waals surface area (Å²) in [5, 5.41) is 6.86. The Labute approximate surface area is 166 Å². The van der Waals surface area contributed by atoms with E-state index in [2.05, 4.69) is 36.3 Å². The maximum atomic E-state index is 11.8. The van der Waals surface area contributed by atoms with Gasteiger partial charge in [-0.15, -0.1) is 0 Å². The third-order valence-electron chi connectivity index (χ3n) is 5.63. The number of piperidine rings is 1. The molecule has 2 fully saturated rings. The van der Waals surface area contributed by atoms with Crippen LogP contribution in [0.4, 0.5) is 0 Å². The molecule has 0 aliphatic carbocycles. The number of unbranched alkanes of at least 4 members (excludes halogenated alkanes) is 1. The minimum atomic E-state index is 0.252. The molecule has 0 radical (unpaired) electrons. The molecule has 0 bridgehead atoms. The van der Waals surface area contributed by atoms with Crippen molar-refractivity contribution in [3.63, 3.8) is 0 Å². The number of guanidine groups is 1. The van der Waals surface area contributed by atoms with Crippen molar-refractivity contribution in [2.24, 2.45) is 16.8 Å². The second kappa shape index (κ2) is 11.5. The van der Waals surface area contributed by atoms with Crippen molar-refractivity contribution in [1.29, 1.82) is 0 Å². The van der Waals surface area contributed by atoms with Gasteiger partial charge >= 0.3 is 0 Å². The van der Waals surface area contributed by atoms with Crippen molar-refractivity contribution in [1.82, 2.24) is 20.4 Å². The van der Waals surface area contributed by atoms with Gasteiger partial charge in [-0.25, -0.2) is 0 Å². The van der Waals surface area contributed by atoms with Crippen molar-refractivity contribution in [2.45, 2.75) is 65.8 Å². The van der Waals surface area contributed by atoms with E-state index >= 15 is 0 Å². The Kier molecular flexibility index (Phi) is 9.39. The van der Waals surface area contributed by atoms with E-state index in [9.17, 15) is 4.79 Å². The summed E-state index contributed by atoms with van der Waals surface area (Å²) < 4.78 is 0. The van der Waals surface area contributed by atoms with E-state index in [-0.39, 0.29) is 5.91 Å². The Morgan fingerprint density at radius 3 is 2.52 bits per heavy atom. The highest BCUT2D eigenvalue weighted by Gasteiger charge is 2.25. The smallest absolute Gasteiger partial charge is 0.222 e. The number of likely N-dealkylation sites (tertiary alicyclic amines) is 2. The SMILES string of the molecule is CCNC(=NCCCCN1CC(C)CC(C)C1)NC1CCN(C(=O)CC)C1. The zero-order chi connectivity index (χ0) is 19.6. The molecule has 2 heterocycles. The molecule has 27 heavy (non-hydrogen) atoms. The van der Waals surface area contributed by atoms with Gasteiger partial charge < -0.3 is 20.4 Å². The minimum Gasteiger partial charge on any atom is -0.357 e. The van der Waals surface area contributed by atoms with Crippen LogP contribution in [0.2, 0.25) is 0 Å². The molecule has 156 valence electrons. The zero-order valence-electron chi connectivity index (χ0n) is 18.0. The first-order valence-corrected chi connectivity index (χ1v) is 11.1. The van der Waals surface area contributed by atoms with Crippen LogP contribution in [0.15, 0.2) is 4.99 Å².